The van der Waals surface area contributed by atoms with Crippen molar-refractivity contribution in [3.8, 4) is 6.07 Å². The Labute approximate surface area is 105 Å². The number of carbonyl (C=O) groups is 1. The van der Waals surface area contributed by atoms with Crippen molar-refractivity contribution in [3.63, 3.8) is 0 Å². The van der Waals surface area contributed by atoms with Crippen LogP contribution in [0.3, 0.4) is 0 Å². The van der Waals surface area contributed by atoms with Gasteiger partial charge in [-0.15, -0.1) is 0 Å². The zero-order chi connectivity index (χ0) is 13.1. The number of amides is 1. The molecule has 17 heavy (non-hydrogen) atoms. The van der Waals surface area contributed by atoms with E-state index in [1.165, 1.54) is 0 Å². The summed E-state index contributed by atoms with van der Waals surface area (Å²) in [5.74, 6) is 0.886. The van der Waals surface area contributed by atoms with Gasteiger partial charge in [-0.2, -0.15) is 5.26 Å². The fourth-order valence-electron chi connectivity index (χ4n) is 2.51. The molecule has 0 unspecified atom stereocenters. The summed E-state index contributed by atoms with van der Waals surface area (Å²) < 4.78 is 0. The van der Waals surface area contributed by atoms with Crippen LogP contribution in [0.1, 0.15) is 47.0 Å². The lowest BCUT2D eigenvalue weighted by atomic mass is 9.83. The van der Waals surface area contributed by atoms with Gasteiger partial charge in [0.25, 0.3) is 0 Å². The third-order valence-corrected chi connectivity index (χ3v) is 3.64. The summed E-state index contributed by atoms with van der Waals surface area (Å²) in [5, 5.41) is 9.05. The quantitative estimate of drug-likeness (QED) is 0.740. The van der Waals surface area contributed by atoms with E-state index in [1.54, 1.807) is 0 Å². The lowest BCUT2D eigenvalue weighted by Crippen LogP contribution is -2.44. The maximum absolute atomic E-state index is 12.1. The van der Waals surface area contributed by atoms with Gasteiger partial charge < -0.3 is 4.90 Å². The maximum Gasteiger partial charge on any atom is 0.227 e. The molecule has 3 heteroatoms. The Morgan fingerprint density at radius 2 is 1.94 bits per heavy atom. The van der Waals surface area contributed by atoms with E-state index in [1.807, 2.05) is 25.7 Å². The highest BCUT2D eigenvalue weighted by Gasteiger charge is 2.32. The Morgan fingerprint density at radius 1 is 1.41 bits per heavy atom. The van der Waals surface area contributed by atoms with Gasteiger partial charge in [-0.3, -0.25) is 4.79 Å². The van der Waals surface area contributed by atoms with Gasteiger partial charge in [-0.05, 0) is 25.2 Å². The largest absolute Gasteiger partial charge is 0.342 e. The molecule has 1 amide bonds. The first-order chi connectivity index (χ1) is 7.90. The molecule has 1 saturated heterocycles. The lowest BCUT2D eigenvalue weighted by Gasteiger charge is -2.36. The van der Waals surface area contributed by atoms with Crippen LogP contribution >= 0.6 is 0 Å². The van der Waals surface area contributed by atoms with Crippen molar-refractivity contribution in [1.82, 2.24) is 4.90 Å². The smallest absolute Gasteiger partial charge is 0.227 e. The minimum Gasteiger partial charge on any atom is -0.342 e. The summed E-state index contributed by atoms with van der Waals surface area (Å²) in [7, 11) is 0. The molecule has 1 aliphatic rings. The number of nitriles is 1. The van der Waals surface area contributed by atoms with Crippen LogP contribution in [0.2, 0.25) is 0 Å². The molecule has 0 radical (unpaired) electrons. The summed E-state index contributed by atoms with van der Waals surface area (Å²) >= 11 is 0. The Hall–Kier alpha value is -1.04. The topological polar surface area (TPSA) is 44.1 Å². The third-order valence-electron chi connectivity index (χ3n) is 3.64. The number of hydrogen-bond donors (Lipinski definition) is 0. The van der Waals surface area contributed by atoms with Crippen molar-refractivity contribution >= 4 is 5.91 Å². The zero-order valence-corrected chi connectivity index (χ0v) is 11.5. The van der Waals surface area contributed by atoms with Gasteiger partial charge in [0.1, 0.15) is 0 Å². The molecule has 0 aliphatic carbocycles. The Kier molecular flexibility index (Phi) is 4.56. The second-order valence-corrected chi connectivity index (χ2v) is 6.02. The Bertz CT molecular complexity index is 303. The summed E-state index contributed by atoms with van der Waals surface area (Å²) in [6.07, 6.45) is 2.89. The molecular formula is C14H24N2O. The predicted molar refractivity (Wildman–Crippen MR) is 68.2 cm³/mol. The fraction of sp³-hybridized carbons (Fsp3) is 0.857. The molecule has 0 spiro atoms. The Balaban J connectivity index is 2.52. The average Bonchev–Trinajstić information content (AvgIpc) is 2.29. The SMILES string of the molecule is CC[C@@H](C#N)C1CCN(C(=O)C(C)(C)C)CC1. The molecule has 1 aliphatic heterocycles. The van der Waals surface area contributed by atoms with Gasteiger partial charge in [-0.25, -0.2) is 0 Å². The van der Waals surface area contributed by atoms with Crippen LogP contribution in [-0.2, 0) is 4.79 Å². The van der Waals surface area contributed by atoms with E-state index >= 15 is 0 Å². The fourth-order valence-corrected chi connectivity index (χ4v) is 2.51. The van der Waals surface area contributed by atoms with E-state index in [0.717, 1.165) is 32.4 Å². The molecule has 1 rings (SSSR count). The standard InChI is InChI=1S/C14H24N2O/c1-5-11(10-15)12-6-8-16(9-7-12)13(17)14(2,3)4/h11-12H,5-9H2,1-4H3/t11-/m0/s1. The summed E-state index contributed by atoms with van der Waals surface area (Å²) in [5.41, 5.74) is -0.285. The van der Waals surface area contributed by atoms with Crippen LogP contribution in [0.4, 0.5) is 0 Å². The minimum absolute atomic E-state index is 0.168. The molecule has 0 aromatic heterocycles. The van der Waals surface area contributed by atoms with Crippen molar-refractivity contribution in [2.24, 2.45) is 17.3 Å². The van der Waals surface area contributed by atoms with E-state index < -0.39 is 0 Å². The summed E-state index contributed by atoms with van der Waals surface area (Å²) in [4.78, 5) is 14.1. The van der Waals surface area contributed by atoms with Gasteiger partial charge in [0.2, 0.25) is 5.91 Å². The zero-order valence-electron chi connectivity index (χ0n) is 11.5. The van der Waals surface area contributed by atoms with Crippen LogP contribution in [-0.4, -0.2) is 23.9 Å². The third kappa shape index (κ3) is 3.46. The van der Waals surface area contributed by atoms with Gasteiger partial charge >= 0.3 is 0 Å². The van der Waals surface area contributed by atoms with Crippen molar-refractivity contribution in [3.05, 3.63) is 0 Å². The van der Waals surface area contributed by atoms with E-state index in [-0.39, 0.29) is 17.2 Å². The van der Waals surface area contributed by atoms with Gasteiger partial charge in [-0.1, -0.05) is 27.7 Å². The average molecular weight is 236 g/mol. The molecule has 3 nitrogen and oxygen atoms in total. The van der Waals surface area contributed by atoms with Crippen LogP contribution in [0.25, 0.3) is 0 Å². The first-order valence-electron chi connectivity index (χ1n) is 6.59. The normalized spacial score (nSPS) is 19.8. The monoisotopic (exact) mass is 236 g/mol. The molecule has 1 atom stereocenters. The van der Waals surface area contributed by atoms with Gasteiger partial charge in [0.05, 0.1) is 6.07 Å². The molecular weight excluding hydrogens is 212 g/mol. The van der Waals surface area contributed by atoms with E-state index in [0.29, 0.717) is 5.92 Å². The van der Waals surface area contributed by atoms with Crippen molar-refractivity contribution < 1.29 is 4.79 Å². The van der Waals surface area contributed by atoms with E-state index in [4.69, 9.17) is 5.26 Å². The first kappa shape index (κ1) is 14.0. The van der Waals surface area contributed by atoms with E-state index in [2.05, 4.69) is 13.0 Å². The van der Waals surface area contributed by atoms with Crippen LogP contribution in [0, 0.1) is 28.6 Å². The summed E-state index contributed by atoms with van der Waals surface area (Å²) in [6.45, 7) is 9.60. The molecule has 1 fully saturated rings. The van der Waals surface area contributed by atoms with Gasteiger partial charge in [0, 0.05) is 24.4 Å². The highest BCUT2D eigenvalue weighted by molar-refractivity contribution is 5.81. The maximum atomic E-state index is 12.1. The molecule has 0 saturated carbocycles. The highest BCUT2D eigenvalue weighted by atomic mass is 16.2. The predicted octanol–water partition coefficient (Wildman–Crippen LogP) is 2.82. The van der Waals surface area contributed by atoms with Crippen molar-refractivity contribution in [2.75, 3.05) is 13.1 Å². The van der Waals surface area contributed by atoms with Crippen molar-refractivity contribution in [2.45, 2.75) is 47.0 Å². The highest BCUT2D eigenvalue weighted by Crippen LogP contribution is 2.29. The Morgan fingerprint density at radius 3 is 2.29 bits per heavy atom. The first-order valence-corrected chi connectivity index (χ1v) is 6.59. The van der Waals surface area contributed by atoms with Crippen LogP contribution in [0.5, 0.6) is 0 Å². The number of likely N-dealkylation sites (tertiary alicyclic amines) is 1. The second-order valence-electron chi connectivity index (χ2n) is 6.02. The second kappa shape index (κ2) is 5.53. The molecule has 0 aromatic rings. The van der Waals surface area contributed by atoms with E-state index in [9.17, 15) is 4.79 Å². The lowest BCUT2D eigenvalue weighted by molar-refractivity contribution is -0.141. The molecule has 1 heterocycles. The van der Waals surface area contributed by atoms with Crippen molar-refractivity contribution in [1.29, 1.82) is 5.26 Å². The molecule has 0 aromatic carbocycles. The van der Waals surface area contributed by atoms with Crippen LogP contribution in [0.15, 0.2) is 0 Å². The minimum atomic E-state index is -0.285. The number of rotatable bonds is 2. The number of nitrogens with zero attached hydrogens (tertiary/aromatic N) is 2. The number of piperidine rings is 1. The molecule has 96 valence electrons. The number of carbonyl (C=O) groups excluding carboxylic acids is 1. The summed E-state index contributed by atoms with van der Waals surface area (Å²) in [6, 6.07) is 2.39. The van der Waals surface area contributed by atoms with Gasteiger partial charge in [0.15, 0.2) is 0 Å². The molecule has 0 bridgehead atoms. The molecule has 0 N–H and O–H groups in total. The number of hydrogen-bond acceptors (Lipinski definition) is 2. The van der Waals surface area contributed by atoms with Crippen LogP contribution < -0.4 is 0 Å².